The molecule has 1 saturated carbocycles. The maximum Gasteiger partial charge on any atom is 0.320 e. The van der Waals surface area contributed by atoms with Gasteiger partial charge in [-0.25, -0.2) is 23.2 Å². The molecule has 43 heavy (non-hydrogen) atoms. The van der Waals surface area contributed by atoms with Crippen LogP contribution < -0.4 is 10.6 Å². The Morgan fingerprint density at radius 2 is 1.88 bits per heavy atom. The number of amides is 2. The largest absolute Gasteiger partial charge is 0.331 e. The number of nitrogens with zero attached hydrogens (tertiary/aromatic N) is 6. The van der Waals surface area contributed by atoms with E-state index in [0.29, 0.717) is 29.5 Å². The number of urea groups is 1. The molecule has 0 radical (unpaired) electrons. The minimum Gasteiger partial charge on any atom is -0.331 e. The van der Waals surface area contributed by atoms with Gasteiger partial charge >= 0.3 is 6.03 Å². The number of anilines is 1. The van der Waals surface area contributed by atoms with Crippen LogP contribution in [0, 0.1) is 24.5 Å². The summed E-state index contributed by atoms with van der Waals surface area (Å²) in [5.74, 6) is -0.862. The van der Waals surface area contributed by atoms with Gasteiger partial charge in [-0.3, -0.25) is 14.8 Å². The molecule has 12 heteroatoms. The molecule has 2 fully saturated rings. The molecule has 1 saturated heterocycles. The molecule has 2 atom stereocenters. The highest BCUT2D eigenvalue weighted by Gasteiger charge is 2.39. The highest BCUT2D eigenvalue weighted by atomic mass is 19.2. The second kappa shape index (κ2) is 10.9. The smallest absolute Gasteiger partial charge is 0.320 e. The first-order valence-corrected chi connectivity index (χ1v) is 14.2. The van der Waals surface area contributed by atoms with E-state index in [9.17, 15) is 13.6 Å². The van der Waals surface area contributed by atoms with E-state index in [4.69, 9.17) is 9.94 Å². The molecule has 0 spiro atoms. The van der Waals surface area contributed by atoms with Gasteiger partial charge in [-0.15, -0.1) is 0 Å². The zero-order valence-electron chi connectivity index (χ0n) is 23.7. The molecule has 10 nitrogen and oxygen atoms in total. The van der Waals surface area contributed by atoms with Gasteiger partial charge in [0.05, 0.1) is 23.6 Å². The van der Waals surface area contributed by atoms with Gasteiger partial charge in [-0.05, 0) is 61.6 Å². The normalized spacial score (nSPS) is 18.8. The van der Waals surface area contributed by atoms with Gasteiger partial charge < -0.3 is 5.32 Å². The number of aryl methyl sites for hydroxylation is 1. The number of carbonyl (C=O) groups is 1. The third kappa shape index (κ3) is 5.35. The summed E-state index contributed by atoms with van der Waals surface area (Å²) in [5, 5.41) is 17.9. The summed E-state index contributed by atoms with van der Waals surface area (Å²) < 4.78 is 31.2. The molecule has 220 valence electrons. The number of hydrogen-bond acceptors (Lipinski definition) is 6. The van der Waals surface area contributed by atoms with Crippen molar-refractivity contribution < 1.29 is 18.4 Å². The van der Waals surface area contributed by atoms with E-state index in [2.05, 4.69) is 20.7 Å². The fraction of sp³-hybridized carbons (Fsp3) is 0.290. The Kier molecular flexibility index (Phi) is 6.86. The predicted octanol–water partition coefficient (Wildman–Crippen LogP) is 5.30. The molecule has 0 unspecified atom stereocenters. The molecule has 4 heterocycles. The minimum atomic E-state index is -0.959. The lowest BCUT2D eigenvalue weighted by Gasteiger charge is -2.20. The van der Waals surface area contributed by atoms with Crippen molar-refractivity contribution >= 4 is 22.9 Å². The van der Waals surface area contributed by atoms with Crippen molar-refractivity contribution in [3.8, 4) is 16.9 Å². The minimum absolute atomic E-state index is 0.409. The average molecular weight is 585 g/mol. The molecule has 2 aliphatic rings. The van der Waals surface area contributed by atoms with Crippen molar-refractivity contribution in [3.05, 3.63) is 89.8 Å². The maximum absolute atomic E-state index is 14.1. The Morgan fingerprint density at radius 1 is 1.07 bits per heavy atom. The van der Waals surface area contributed by atoms with Crippen molar-refractivity contribution in [2.75, 3.05) is 18.4 Å². The molecule has 1 aliphatic carbocycles. The number of aromatic nitrogens is 5. The first-order chi connectivity index (χ1) is 20.8. The third-order valence-electron chi connectivity index (χ3n) is 7.98. The standard InChI is InChI=1S/C31H30F2N8O2/c1-18-27(21-12-22-15-35-39(2)30(22)34-14-21)38-41(23-6-4-3-5-7-23)29(18)37-31(42)36-26-17-40(16-19-8-9-19)43-28(26)20-10-11-24(32)25(33)13-20/h3-7,10-15,19,26,28H,8-9,16-17H2,1-2H3,(H2,36,37,42)/t26-,28+/m1/s1. The Morgan fingerprint density at radius 3 is 2.65 bits per heavy atom. The number of pyridine rings is 1. The summed E-state index contributed by atoms with van der Waals surface area (Å²) in [6, 6.07) is 14.2. The van der Waals surface area contributed by atoms with Crippen LogP contribution in [-0.4, -0.2) is 54.8 Å². The summed E-state index contributed by atoms with van der Waals surface area (Å²) in [5.41, 5.74) is 4.17. The van der Waals surface area contributed by atoms with Gasteiger partial charge in [0.2, 0.25) is 0 Å². The molecule has 0 bridgehead atoms. The number of fused-ring (bicyclic) bond motifs is 1. The van der Waals surface area contributed by atoms with Crippen LogP contribution in [0.3, 0.4) is 0 Å². The molecule has 2 aromatic carbocycles. The van der Waals surface area contributed by atoms with Gasteiger partial charge in [0.15, 0.2) is 17.3 Å². The number of nitrogens with one attached hydrogen (secondary N) is 2. The van der Waals surface area contributed by atoms with Gasteiger partial charge in [-0.2, -0.15) is 15.3 Å². The van der Waals surface area contributed by atoms with Crippen LogP contribution in [0.2, 0.25) is 0 Å². The second-order valence-corrected chi connectivity index (χ2v) is 11.2. The maximum atomic E-state index is 14.1. The van der Waals surface area contributed by atoms with Crippen molar-refractivity contribution in [3.63, 3.8) is 0 Å². The zero-order valence-corrected chi connectivity index (χ0v) is 23.7. The highest BCUT2D eigenvalue weighted by molar-refractivity contribution is 5.91. The Labute approximate surface area is 246 Å². The van der Waals surface area contributed by atoms with Crippen molar-refractivity contribution in [1.82, 2.24) is 34.9 Å². The number of carbonyl (C=O) groups excluding carboxylic acids is 1. The van der Waals surface area contributed by atoms with Crippen LogP contribution in [0.5, 0.6) is 0 Å². The number of hydroxylamine groups is 2. The predicted molar refractivity (Wildman–Crippen MR) is 156 cm³/mol. The van der Waals surface area contributed by atoms with Crippen molar-refractivity contribution in [2.24, 2.45) is 13.0 Å². The van der Waals surface area contributed by atoms with E-state index in [0.717, 1.165) is 59.4 Å². The third-order valence-corrected chi connectivity index (χ3v) is 7.98. The lowest BCUT2D eigenvalue weighted by molar-refractivity contribution is -0.150. The Bertz CT molecular complexity index is 1820. The topological polar surface area (TPSA) is 102 Å². The summed E-state index contributed by atoms with van der Waals surface area (Å²) >= 11 is 0. The van der Waals surface area contributed by atoms with Crippen LogP contribution in [0.15, 0.2) is 67.0 Å². The molecule has 2 N–H and O–H groups in total. The lowest BCUT2D eigenvalue weighted by Crippen LogP contribution is -2.42. The summed E-state index contributed by atoms with van der Waals surface area (Å²) in [6.45, 7) is 3.02. The summed E-state index contributed by atoms with van der Waals surface area (Å²) in [4.78, 5) is 24.3. The van der Waals surface area contributed by atoms with Crippen LogP contribution in [0.4, 0.5) is 19.4 Å². The van der Waals surface area contributed by atoms with Gasteiger partial charge in [0.1, 0.15) is 11.9 Å². The van der Waals surface area contributed by atoms with Gasteiger partial charge in [0, 0.05) is 42.8 Å². The quantitative estimate of drug-likeness (QED) is 0.269. The van der Waals surface area contributed by atoms with E-state index in [1.54, 1.807) is 21.8 Å². The molecular weight excluding hydrogens is 554 g/mol. The Hall–Kier alpha value is -4.68. The summed E-state index contributed by atoms with van der Waals surface area (Å²) in [6.07, 6.45) is 5.08. The van der Waals surface area contributed by atoms with Crippen LogP contribution >= 0.6 is 0 Å². The highest BCUT2D eigenvalue weighted by Crippen LogP contribution is 2.36. The van der Waals surface area contributed by atoms with Crippen LogP contribution in [0.1, 0.15) is 30.1 Å². The molecule has 2 amide bonds. The van der Waals surface area contributed by atoms with E-state index >= 15 is 0 Å². The lowest BCUT2D eigenvalue weighted by atomic mass is 10.0. The van der Waals surface area contributed by atoms with Gasteiger partial charge in [0.25, 0.3) is 0 Å². The molecule has 7 rings (SSSR count). The SMILES string of the molecule is Cc1c(-c2cnc3c(cnn3C)c2)nn(-c2ccccc2)c1NC(=O)N[C@@H]1CN(CC2CC2)O[C@H]1c1ccc(F)c(F)c1. The fourth-order valence-corrected chi connectivity index (χ4v) is 5.56. The second-order valence-electron chi connectivity index (χ2n) is 11.2. The van der Waals surface area contributed by atoms with E-state index < -0.39 is 29.8 Å². The monoisotopic (exact) mass is 584 g/mol. The molecule has 5 aromatic rings. The number of hydrogen-bond donors (Lipinski definition) is 2. The number of para-hydroxylation sites is 1. The van der Waals surface area contributed by atoms with Crippen molar-refractivity contribution in [1.29, 1.82) is 0 Å². The number of rotatable bonds is 7. The summed E-state index contributed by atoms with van der Waals surface area (Å²) in [7, 11) is 1.84. The van der Waals surface area contributed by atoms with E-state index in [1.807, 2.05) is 55.4 Å². The number of benzene rings is 2. The Balaban J connectivity index is 1.19. The molecule has 1 aliphatic heterocycles. The van der Waals surface area contributed by atoms with Crippen molar-refractivity contribution in [2.45, 2.75) is 31.9 Å². The fourth-order valence-electron chi connectivity index (χ4n) is 5.56. The molecular formula is C31H30F2N8O2. The molecule has 3 aromatic heterocycles. The first-order valence-electron chi connectivity index (χ1n) is 14.2. The zero-order chi connectivity index (χ0) is 29.7. The van der Waals surface area contributed by atoms with Crippen LogP contribution in [0.25, 0.3) is 28.0 Å². The average Bonchev–Trinajstić information content (AvgIpc) is 3.49. The van der Waals surface area contributed by atoms with Gasteiger partial charge in [-0.1, -0.05) is 24.3 Å². The number of halogens is 2. The van der Waals surface area contributed by atoms with E-state index in [-0.39, 0.29) is 0 Å². The first kappa shape index (κ1) is 27.2. The van der Waals surface area contributed by atoms with E-state index in [1.165, 1.54) is 6.07 Å². The van der Waals surface area contributed by atoms with Crippen LogP contribution in [-0.2, 0) is 11.9 Å².